The van der Waals surface area contributed by atoms with E-state index in [1.807, 2.05) is 53.6 Å². The molecule has 0 bridgehead atoms. The third kappa shape index (κ3) is 4.87. The summed E-state index contributed by atoms with van der Waals surface area (Å²) in [5, 5.41) is 6.33. The Labute approximate surface area is 238 Å². The first kappa shape index (κ1) is 25.8. The van der Waals surface area contributed by atoms with Crippen LogP contribution in [-0.4, -0.2) is 36.4 Å². The second kappa shape index (κ2) is 10.3. The SMILES string of the molecule is COc1cc(N2C(=S)N[C@@H](c3ccccn3)[C@@H]2c2cccn2-c2ccc3ccccc3c2)ccc1NS(C)(=O)=O. The molecular formula is C30H27N5O3S2. The van der Waals surface area contributed by atoms with Crippen molar-refractivity contribution in [3.05, 3.63) is 115 Å². The summed E-state index contributed by atoms with van der Waals surface area (Å²) in [7, 11) is -1.98. The molecule has 1 saturated heterocycles. The van der Waals surface area contributed by atoms with Gasteiger partial charge in [-0.2, -0.15) is 0 Å². The molecule has 10 heteroatoms. The Kier molecular flexibility index (Phi) is 6.65. The number of nitrogens with one attached hydrogen (secondary N) is 2. The molecule has 1 aliphatic heterocycles. The quantitative estimate of drug-likeness (QED) is 0.247. The highest BCUT2D eigenvalue weighted by Gasteiger charge is 2.42. The summed E-state index contributed by atoms with van der Waals surface area (Å²) in [6, 6.07) is 29.4. The third-order valence-electron chi connectivity index (χ3n) is 6.95. The fourth-order valence-corrected chi connectivity index (χ4v) is 6.16. The Hall–Kier alpha value is -4.41. The molecule has 8 nitrogen and oxygen atoms in total. The molecular weight excluding hydrogens is 542 g/mol. The second-order valence-electron chi connectivity index (χ2n) is 9.59. The number of pyridine rings is 1. The lowest BCUT2D eigenvalue weighted by molar-refractivity contribution is 0.417. The zero-order chi connectivity index (χ0) is 27.9. The lowest BCUT2D eigenvalue weighted by atomic mass is 10.0. The van der Waals surface area contributed by atoms with Crippen molar-refractivity contribution < 1.29 is 13.2 Å². The predicted molar refractivity (Wildman–Crippen MR) is 163 cm³/mol. The molecule has 202 valence electrons. The maximum absolute atomic E-state index is 11.9. The average Bonchev–Trinajstić information content (AvgIpc) is 3.57. The average molecular weight is 570 g/mol. The number of rotatable bonds is 7. The van der Waals surface area contributed by atoms with E-state index >= 15 is 0 Å². The number of anilines is 2. The van der Waals surface area contributed by atoms with Crippen molar-refractivity contribution in [1.82, 2.24) is 14.9 Å². The van der Waals surface area contributed by atoms with Gasteiger partial charge in [0, 0.05) is 35.5 Å². The van der Waals surface area contributed by atoms with Gasteiger partial charge in [-0.25, -0.2) is 8.42 Å². The van der Waals surface area contributed by atoms with E-state index in [2.05, 4.69) is 56.0 Å². The normalized spacial score (nSPS) is 17.1. The monoisotopic (exact) mass is 569 g/mol. The number of hydrogen-bond acceptors (Lipinski definition) is 5. The number of hydrogen-bond donors (Lipinski definition) is 2. The van der Waals surface area contributed by atoms with Crippen molar-refractivity contribution in [2.24, 2.45) is 0 Å². The number of benzene rings is 3. The predicted octanol–water partition coefficient (Wildman–Crippen LogP) is 5.58. The number of sulfonamides is 1. The molecule has 0 aliphatic carbocycles. The molecule has 0 saturated carbocycles. The van der Waals surface area contributed by atoms with E-state index in [0.717, 1.165) is 34.4 Å². The largest absolute Gasteiger partial charge is 0.494 e. The highest BCUT2D eigenvalue weighted by molar-refractivity contribution is 7.92. The molecule has 2 N–H and O–H groups in total. The first-order valence-electron chi connectivity index (χ1n) is 12.7. The number of ether oxygens (including phenoxy) is 1. The molecule has 3 aromatic carbocycles. The highest BCUT2D eigenvalue weighted by atomic mass is 32.2. The summed E-state index contributed by atoms with van der Waals surface area (Å²) < 4.78 is 34.1. The minimum atomic E-state index is -3.49. The molecule has 3 heterocycles. The molecule has 2 aromatic heterocycles. The van der Waals surface area contributed by atoms with E-state index in [9.17, 15) is 8.42 Å². The van der Waals surface area contributed by atoms with Crippen LogP contribution in [0.1, 0.15) is 23.5 Å². The fourth-order valence-electron chi connectivity index (χ4n) is 5.24. The van der Waals surface area contributed by atoms with E-state index < -0.39 is 10.0 Å². The summed E-state index contributed by atoms with van der Waals surface area (Å²) in [5.74, 6) is 0.385. The van der Waals surface area contributed by atoms with Crippen LogP contribution in [0.3, 0.4) is 0 Å². The van der Waals surface area contributed by atoms with Crippen molar-refractivity contribution in [2.45, 2.75) is 12.1 Å². The molecule has 0 amide bonds. The molecule has 40 heavy (non-hydrogen) atoms. The van der Waals surface area contributed by atoms with Gasteiger partial charge in [0.15, 0.2) is 5.11 Å². The van der Waals surface area contributed by atoms with Crippen LogP contribution in [0.5, 0.6) is 5.75 Å². The van der Waals surface area contributed by atoms with E-state index in [4.69, 9.17) is 17.0 Å². The fraction of sp³-hybridized carbons (Fsp3) is 0.133. The van der Waals surface area contributed by atoms with Crippen molar-refractivity contribution in [3.63, 3.8) is 0 Å². The number of thiocarbonyl (C=S) groups is 1. The van der Waals surface area contributed by atoms with Crippen LogP contribution in [0.2, 0.25) is 0 Å². The van der Waals surface area contributed by atoms with Crippen LogP contribution in [0, 0.1) is 0 Å². The van der Waals surface area contributed by atoms with E-state index in [0.29, 0.717) is 16.5 Å². The Balaban J connectivity index is 1.49. The van der Waals surface area contributed by atoms with Gasteiger partial charge in [0.1, 0.15) is 11.8 Å². The van der Waals surface area contributed by atoms with Crippen molar-refractivity contribution in [3.8, 4) is 11.4 Å². The summed E-state index contributed by atoms with van der Waals surface area (Å²) in [4.78, 5) is 6.69. The molecule has 1 fully saturated rings. The minimum absolute atomic E-state index is 0.248. The van der Waals surface area contributed by atoms with Crippen molar-refractivity contribution >= 4 is 49.5 Å². The van der Waals surface area contributed by atoms with Crippen molar-refractivity contribution in [1.29, 1.82) is 0 Å². The Morgan fingerprint density at radius 3 is 2.45 bits per heavy atom. The Morgan fingerprint density at radius 1 is 0.925 bits per heavy atom. The molecule has 5 aromatic rings. The van der Waals surface area contributed by atoms with E-state index in [1.54, 1.807) is 18.3 Å². The zero-order valence-electron chi connectivity index (χ0n) is 21.9. The van der Waals surface area contributed by atoms with Gasteiger partial charge in [-0.15, -0.1) is 0 Å². The zero-order valence-corrected chi connectivity index (χ0v) is 23.5. The summed E-state index contributed by atoms with van der Waals surface area (Å²) in [5.41, 5.74) is 4.00. The number of aromatic nitrogens is 2. The van der Waals surface area contributed by atoms with Crippen LogP contribution in [0.25, 0.3) is 16.5 Å². The molecule has 6 rings (SSSR count). The van der Waals surface area contributed by atoms with Gasteiger partial charge in [-0.05, 0) is 71.5 Å². The second-order valence-corrected chi connectivity index (χ2v) is 11.7. The molecule has 2 atom stereocenters. The van der Waals surface area contributed by atoms with Gasteiger partial charge >= 0.3 is 0 Å². The van der Waals surface area contributed by atoms with Gasteiger partial charge in [-0.1, -0.05) is 36.4 Å². The smallest absolute Gasteiger partial charge is 0.229 e. The van der Waals surface area contributed by atoms with E-state index in [-0.39, 0.29) is 12.1 Å². The topological polar surface area (TPSA) is 88.5 Å². The van der Waals surface area contributed by atoms with Crippen LogP contribution in [0.4, 0.5) is 11.4 Å². The summed E-state index contributed by atoms with van der Waals surface area (Å²) in [6.45, 7) is 0. The molecule has 0 radical (unpaired) electrons. The molecule has 0 spiro atoms. The van der Waals surface area contributed by atoms with Crippen LogP contribution in [0.15, 0.2) is 103 Å². The van der Waals surface area contributed by atoms with Gasteiger partial charge in [0.05, 0.1) is 30.8 Å². The standard InChI is InChI=1S/C30H27N5O3S2/c1-38-27-19-23(14-15-24(27)33-40(2,36)37)35-29(28(32-30(35)39)25-10-5-6-16-31-25)26-11-7-17-34(26)22-13-12-20-8-3-4-9-21(20)18-22/h3-19,28-29,33H,1-2H3,(H,32,39)/t28-,29-/m0/s1. The first-order valence-corrected chi connectivity index (χ1v) is 15.0. The lowest BCUT2D eigenvalue weighted by Crippen LogP contribution is -2.30. The van der Waals surface area contributed by atoms with Crippen LogP contribution in [-0.2, 0) is 10.0 Å². The van der Waals surface area contributed by atoms with Gasteiger partial charge < -0.3 is 19.5 Å². The van der Waals surface area contributed by atoms with Crippen LogP contribution < -0.4 is 19.7 Å². The summed E-state index contributed by atoms with van der Waals surface area (Å²) >= 11 is 5.90. The van der Waals surface area contributed by atoms with Gasteiger partial charge in [0.2, 0.25) is 10.0 Å². The lowest BCUT2D eigenvalue weighted by Gasteiger charge is -2.29. The van der Waals surface area contributed by atoms with Crippen molar-refractivity contribution in [2.75, 3.05) is 23.0 Å². The number of nitrogens with zero attached hydrogens (tertiary/aromatic N) is 3. The summed E-state index contributed by atoms with van der Waals surface area (Å²) in [6.07, 6.45) is 4.93. The highest BCUT2D eigenvalue weighted by Crippen LogP contribution is 2.44. The first-order chi connectivity index (χ1) is 19.3. The third-order valence-corrected chi connectivity index (χ3v) is 7.86. The van der Waals surface area contributed by atoms with Crippen LogP contribution >= 0.6 is 12.2 Å². The Morgan fingerprint density at radius 2 is 1.70 bits per heavy atom. The molecule has 1 aliphatic rings. The van der Waals surface area contributed by atoms with Gasteiger partial charge in [-0.3, -0.25) is 9.71 Å². The van der Waals surface area contributed by atoms with Gasteiger partial charge in [0.25, 0.3) is 0 Å². The van der Waals surface area contributed by atoms with E-state index in [1.165, 1.54) is 12.5 Å². The number of methoxy groups -OCH3 is 1. The number of fused-ring (bicyclic) bond motifs is 1. The maximum Gasteiger partial charge on any atom is 0.229 e. The Bertz CT molecular complexity index is 1820. The maximum atomic E-state index is 11.9. The minimum Gasteiger partial charge on any atom is -0.494 e. The molecule has 0 unspecified atom stereocenters.